The summed E-state index contributed by atoms with van der Waals surface area (Å²) in [6, 6.07) is 6.26. The molecule has 4 heteroatoms. The minimum atomic E-state index is 0.857. The average molecular weight is 317 g/mol. The van der Waals surface area contributed by atoms with Crippen LogP contribution in [0.3, 0.4) is 0 Å². The molecule has 1 aliphatic rings. The average Bonchev–Trinajstić information content (AvgIpc) is 2.17. The van der Waals surface area contributed by atoms with E-state index < -0.39 is 0 Å². The summed E-state index contributed by atoms with van der Waals surface area (Å²) in [5.41, 5.74) is 7.97. The Hall–Kier alpha value is -0.490. The second-order valence-electron chi connectivity index (χ2n) is 4.03. The summed E-state index contributed by atoms with van der Waals surface area (Å²) in [5.74, 6) is 0. The van der Waals surface area contributed by atoms with Crippen LogP contribution in [0.5, 0.6) is 0 Å². The number of hydrogen-bond acceptors (Lipinski definition) is 3. The number of nitrogen functional groups attached to an aromatic ring is 1. The maximum atomic E-state index is 5.85. The van der Waals surface area contributed by atoms with Crippen LogP contribution in [0.2, 0.25) is 0 Å². The fraction of sp³-hybridized carbons (Fsp3) is 0.455. The predicted molar refractivity (Wildman–Crippen MR) is 73.3 cm³/mol. The first-order valence-corrected chi connectivity index (χ1v) is 6.22. The summed E-state index contributed by atoms with van der Waals surface area (Å²) in [4.78, 5) is 4.76. The largest absolute Gasteiger partial charge is 0.399 e. The lowest BCUT2D eigenvalue weighted by Crippen LogP contribution is -2.44. The van der Waals surface area contributed by atoms with E-state index in [1.165, 1.54) is 9.26 Å². The Morgan fingerprint density at radius 3 is 2.40 bits per heavy atom. The zero-order valence-corrected chi connectivity index (χ0v) is 11.1. The van der Waals surface area contributed by atoms with Crippen LogP contribution in [-0.2, 0) is 0 Å². The Morgan fingerprint density at radius 1 is 1.13 bits per heavy atom. The van der Waals surface area contributed by atoms with Crippen molar-refractivity contribution in [3.63, 3.8) is 0 Å². The third kappa shape index (κ3) is 2.75. The first-order chi connectivity index (χ1) is 7.15. The number of hydrogen-bond donors (Lipinski definition) is 1. The molecule has 0 amide bonds. The summed E-state index contributed by atoms with van der Waals surface area (Å²) in [6.07, 6.45) is 0. The van der Waals surface area contributed by atoms with Gasteiger partial charge in [-0.2, -0.15) is 0 Å². The third-order valence-electron chi connectivity index (χ3n) is 2.77. The molecule has 1 aromatic rings. The maximum Gasteiger partial charge on any atom is 0.0398 e. The Bertz CT molecular complexity index is 325. The van der Waals surface area contributed by atoms with Gasteiger partial charge in [-0.05, 0) is 47.8 Å². The molecule has 1 saturated heterocycles. The van der Waals surface area contributed by atoms with E-state index in [2.05, 4.69) is 51.6 Å². The number of halogens is 1. The van der Waals surface area contributed by atoms with Crippen molar-refractivity contribution in [3.05, 3.63) is 21.8 Å². The highest BCUT2D eigenvalue weighted by atomic mass is 127. The zero-order chi connectivity index (χ0) is 10.8. The van der Waals surface area contributed by atoms with E-state index in [0.717, 1.165) is 31.9 Å². The molecular formula is C11H16IN3. The van der Waals surface area contributed by atoms with Crippen molar-refractivity contribution in [1.29, 1.82) is 0 Å². The van der Waals surface area contributed by atoms with E-state index in [4.69, 9.17) is 5.73 Å². The number of piperazine rings is 1. The van der Waals surface area contributed by atoms with Gasteiger partial charge in [0.25, 0.3) is 0 Å². The van der Waals surface area contributed by atoms with Crippen LogP contribution < -0.4 is 10.6 Å². The van der Waals surface area contributed by atoms with Gasteiger partial charge in [-0.3, -0.25) is 0 Å². The van der Waals surface area contributed by atoms with Crippen LogP contribution in [-0.4, -0.2) is 38.1 Å². The van der Waals surface area contributed by atoms with E-state index in [1.807, 2.05) is 6.07 Å². The lowest BCUT2D eigenvalue weighted by Gasteiger charge is -2.34. The summed E-state index contributed by atoms with van der Waals surface area (Å²) in [6.45, 7) is 4.45. The molecule has 1 aromatic carbocycles. The summed E-state index contributed by atoms with van der Waals surface area (Å²) in [5, 5.41) is 0. The molecule has 0 spiro atoms. The van der Waals surface area contributed by atoms with Gasteiger partial charge in [-0.25, -0.2) is 0 Å². The minimum Gasteiger partial charge on any atom is -0.399 e. The van der Waals surface area contributed by atoms with Gasteiger partial charge in [0, 0.05) is 41.1 Å². The molecule has 3 nitrogen and oxygen atoms in total. The third-order valence-corrected chi connectivity index (χ3v) is 3.40. The van der Waals surface area contributed by atoms with Crippen LogP contribution >= 0.6 is 22.6 Å². The second kappa shape index (κ2) is 4.57. The fourth-order valence-electron chi connectivity index (χ4n) is 1.84. The molecule has 1 fully saturated rings. The topological polar surface area (TPSA) is 32.5 Å². The molecule has 15 heavy (non-hydrogen) atoms. The smallest absolute Gasteiger partial charge is 0.0398 e. The molecule has 1 aliphatic heterocycles. The fourth-order valence-corrected chi connectivity index (χ4v) is 2.52. The van der Waals surface area contributed by atoms with E-state index in [0.29, 0.717) is 0 Å². The molecule has 2 rings (SSSR count). The predicted octanol–water partition coefficient (Wildman–Crippen LogP) is 1.63. The SMILES string of the molecule is CN1CCN(c2cc(N)cc(I)c2)CC1. The number of rotatable bonds is 1. The molecule has 0 radical (unpaired) electrons. The van der Waals surface area contributed by atoms with Gasteiger partial charge in [-0.1, -0.05) is 0 Å². The van der Waals surface area contributed by atoms with Gasteiger partial charge >= 0.3 is 0 Å². The lowest BCUT2D eigenvalue weighted by atomic mass is 10.2. The summed E-state index contributed by atoms with van der Waals surface area (Å²) >= 11 is 2.31. The van der Waals surface area contributed by atoms with E-state index >= 15 is 0 Å². The van der Waals surface area contributed by atoms with Crippen LogP contribution in [0.4, 0.5) is 11.4 Å². The summed E-state index contributed by atoms with van der Waals surface area (Å²) < 4.78 is 1.21. The van der Waals surface area contributed by atoms with Crippen molar-refractivity contribution >= 4 is 34.0 Å². The van der Waals surface area contributed by atoms with E-state index in [-0.39, 0.29) is 0 Å². The van der Waals surface area contributed by atoms with Crippen molar-refractivity contribution in [2.24, 2.45) is 0 Å². The molecule has 2 N–H and O–H groups in total. The molecule has 0 bridgehead atoms. The first-order valence-electron chi connectivity index (χ1n) is 5.15. The Balaban J connectivity index is 2.15. The Morgan fingerprint density at radius 2 is 1.80 bits per heavy atom. The highest BCUT2D eigenvalue weighted by molar-refractivity contribution is 14.1. The van der Waals surface area contributed by atoms with Crippen LogP contribution in [0, 0.1) is 3.57 Å². The van der Waals surface area contributed by atoms with Gasteiger partial charge in [0.15, 0.2) is 0 Å². The zero-order valence-electron chi connectivity index (χ0n) is 8.91. The quantitative estimate of drug-likeness (QED) is 0.631. The standard InChI is InChI=1S/C11H16IN3/c1-14-2-4-15(5-3-14)11-7-9(12)6-10(13)8-11/h6-8H,2-5,13H2,1H3. The van der Waals surface area contributed by atoms with Gasteiger partial charge in [-0.15, -0.1) is 0 Å². The molecule has 0 saturated carbocycles. The van der Waals surface area contributed by atoms with Gasteiger partial charge in [0.05, 0.1) is 0 Å². The summed E-state index contributed by atoms with van der Waals surface area (Å²) in [7, 11) is 2.17. The van der Waals surface area contributed by atoms with Crippen molar-refractivity contribution in [1.82, 2.24) is 4.90 Å². The van der Waals surface area contributed by atoms with Crippen molar-refractivity contribution in [3.8, 4) is 0 Å². The molecule has 82 valence electrons. The molecule has 0 aromatic heterocycles. The van der Waals surface area contributed by atoms with Crippen molar-refractivity contribution < 1.29 is 0 Å². The number of nitrogens with zero attached hydrogens (tertiary/aromatic N) is 2. The van der Waals surface area contributed by atoms with Crippen LogP contribution in [0.15, 0.2) is 18.2 Å². The molecule has 1 heterocycles. The number of likely N-dealkylation sites (N-methyl/N-ethyl adjacent to an activating group) is 1. The molecule has 0 aliphatic carbocycles. The maximum absolute atomic E-state index is 5.85. The lowest BCUT2D eigenvalue weighted by molar-refractivity contribution is 0.313. The van der Waals surface area contributed by atoms with Crippen LogP contribution in [0.1, 0.15) is 0 Å². The second-order valence-corrected chi connectivity index (χ2v) is 5.28. The molecule has 0 unspecified atom stereocenters. The van der Waals surface area contributed by atoms with Gasteiger partial charge < -0.3 is 15.5 Å². The Labute approximate surface area is 104 Å². The first kappa shape index (κ1) is 11.0. The monoisotopic (exact) mass is 317 g/mol. The molecule has 0 atom stereocenters. The minimum absolute atomic E-state index is 0.857. The molecular weight excluding hydrogens is 301 g/mol. The number of benzene rings is 1. The normalized spacial score (nSPS) is 18.1. The van der Waals surface area contributed by atoms with Gasteiger partial charge in [0.1, 0.15) is 0 Å². The Kier molecular flexibility index (Phi) is 3.35. The number of anilines is 2. The van der Waals surface area contributed by atoms with E-state index in [9.17, 15) is 0 Å². The van der Waals surface area contributed by atoms with Crippen LogP contribution in [0.25, 0.3) is 0 Å². The van der Waals surface area contributed by atoms with Crippen molar-refractivity contribution in [2.45, 2.75) is 0 Å². The highest BCUT2D eigenvalue weighted by Crippen LogP contribution is 2.22. The van der Waals surface area contributed by atoms with E-state index in [1.54, 1.807) is 0 Å². The van der Waals surface area contributed by atoms with Crippen molar-refractivity contribution in [2.75, 3.05) is 43.9 Å². The highest BCUT2D eigenvalue weighted by Gasteiger charge is 2.14. The van der Waals surface area contributed by atoms with Gasteiger partial charge in [0.2, 0.25) is 0 Å². The number of nitrogens with two attached hydrogens (primary N) is 1.